The van der Waals surface area contributed by atoms with Crippen molar-refractivity contribution < 1.29 is 4.79 Å². The van der Waals surface area contributed by atoms with Crippen molar-refractivity contribution >= 4 is 29.3 Å². The first-order valence-electron chi connectivity index (χ1n) is 6.25. The fourth-order valence-electron chi connectivity index (χ4n) is 1.87. The van der Waals surface area contributed by atoms with Crippen LogP contribution in [0.1, 0.15) is 19.7 Å². The van der Waals surface area contributed by atoms with Gasteiger partial charge in [0.05, 0.1) is 11.7 Å². The Kier molecular flexibility index (Phi) is 5.12. The summed E-state index contributed by atoms with van der Waals surface area (Å²) >= 11 is 3.66. The van der Waals surface area contributed by atoms with Crippen molar-refractivity contribution in [3.05, 3.63) is 12.2 Å². The van der Waals surface area contributed by atoms with Crippen LogP contribution in [-0.2, 0) is 17.8 Å². The zero-order chi connectivity index (χ0) is 13.0. The highest BCUT2D eigenvalue weighted by Gasteiger charge is 2.23. The van der Waals surface area contributed by atoms with Crippen LogP contribution >= 0.6 is 23.5 Å². The van der Waals surface area contributed by atoms with Crippen molar-refractivity contribution in [1.82, 2.24) is 14.8 Å². The number of ketones is 1. The summed E-state index contributed by atoms with van der Waals surface area (Å²) in [5.74, 6) is 4.81. The predicted octanol–water partition coefficient (Wildman–Crippen LogP) is 1.89. The van der Waals surface area contributed by atoms with E-state index in [0.717, 1.165) is 29.6 Å². The van der Waals surface area contributed by atoms with Gasteiger partial charge in [0.25, 0.3) is 0 Å². The van der Waals surface area contributed by atoms with E-state index in [1.54, 1.807) is 18.1 Å². The molecule has 18 heavy (non-hydrogen) atoms. The number of aromatic nitrogens is 3. The van der Waals surface area contributed by atoms with Crippen LogP contribution in [0, 0.1) is 5.92 Å². The normalized spacial score (nSPS) is 20.3. The first kappa shape index (κ1) is 13.9. The van der Waals surface area contributed by atoms with E-state index in [4.69, 9.17) is 0 Å². The third-order valence-corrected chi connectivity index (χ3v) is 5.54. The topological polar surface area (TPSA) is 47.8 Å². The standard InChI is InChI=1S/C12H19N3OS2/c1-9(2)6-15-12(13-8-14-15)5-10(16)11-7-17-3-4-18-11/h8-9,11H,3-7H2,1-2H3. The summed E-state index contributed by atoms with van der Waals surface area (Å²) in [6, 6.07) is 0. The molecule has 0 saturated carbocycles. The SMILES string of the molecule is CC(C)Cn1ncnc1CC(=O)C1CSCCS1. The van der Waals surface area contributed by atoms with Gasteiger partial charge in [-0.3, -0.25) is 4.79 Å². The molecule has 4 nitrogen and oxygen atoms in total. The van der Waals surface area contributed by atoms with Gasteiger partial charge in [0.1, 0.15) is 12.2 Å². The first-order valence-corrected chi connectivity index (χ1v) is 8.46. The molecule has 1 aliphatic rings. The van der Waals surface area contributed by atoms with Gasteiger partial charge in [-0.1, -0.05) is 13.8 Å². The predicted molar refractivity (Wildman–Crippen MR) is 77.1 cm³/mol. The molecule has 1 atom stereocenters. The minimum atomic E-state index is 0.146. The maximum Gasteiger partial charge on any atom is 0.154 e. The number of thioether (sulfide) groups is 2. The fraction of sp³-hybridized carbons (Fsp3) is 0.750. The minimum Gasteiger partial charge on any atom is -0.298 e. The maximum absolute atomic E-state index is 12.2. The molecule has 2 heterocycles. The van der Waals surface area contributed by atoms with Crippen molar-refractivity contribution in [2.24, 2.45) is 5.92 Å². The van der Waals surface area contributed by atoms with Crippen LogP contribution in [0.5, 0.6) is 0 Å². The molecule has 0 aromatic carbocycles. The molecule has 0 spiro atoms. The van der Waals surface area contributed by atoms with E-state index >= 15 is 0 Å². The second-order valence-electron chi connectivity index (χ2n) is 4.83. The van der Waals surface area contributed by atoms with Gasteiger partial charge in [0.15, 0.2) is 5.78 Å². The van der Waals surface area contributed by atoms with Crippen molar-refractivity contribution in [2.75, 3.05) is 17.3 Å². The lowest BCUT2D eigenvalue weighted by atomic mass is 10.2. The second-order valence-corrected chi connectivity index (χ2v) is 7.29. The molecular formula is C12H19N3OS2. The van der Waals surface area contributed by atoms with Gasteiger partial charge in [-0.2, -0.15) is 16.9 Å². The Hall–Kier alpha value is -0.490. The van der Waals surface area contributed by atoms with E-state index in [2.05, 4.69) is 23.9 Å². The van der Waals surface area contributed by atoms with Crippen LogP contribution in [0.15, 0.2) is 6.33 Å². The molecule has 0 radical (unpaired) electrons. The Morgan fingerprint density at radius 3 is 3.06 bits per heavy atom. The Balaban J connectivity index is 1.95. The number of hydrogen-bond acceptors (Lipinski definition) is 5. The molecule has 0 N–H and O–H groups in total. The molecule has 0 bridgehead atoms. The lowest BCUT2D eigenvalue weighted by Crippen LogP contribution is -2.27. The van der Waals surface area contributed by atoms with Gasteiger partial charge in [0.2, 0.25) is 0 Å². The Morgan fingerprint density at radius 1 is 1.56 bits per heavy atom. The lowest BCUT2D eigenvalue weighted by Gasteiger charge is -2.19. The summed E-state index contributed by atoms with van der Waals surface area (Å²) in [5.41, 5.74) is 0. The third-order valence-electron chi connectivity index (χ3n) is 2.74. The van der Waals surface area contributed by atoms with Crippen LogP contribution in [-0.4, -0.2) is 43.1 Å². The molecule has 1 saturated heterocycles. The molecule has 6 heteroatoms. The number of carbonyl (C=O) groups is 1. The number of rotatable bonds is 5. The zero-order valence-electron chi connectivity index (χ0n) is 10.8. The third kappa shape index (κ3) is 3.75. The first-order chi connectivity index (χ1) is 8.66. The van der Waals surface area contributed by atoms with E-state index in [0.29, 0.717) is 18.1 Å². The Bertz CT molecular complexity index is 400. The van der Waals surface area contributed by atoms with Crippen LogP contribution < -0.4 is 0 Å². The number of carbonyl (C=O) groups excluding carboxylic acids is 1. The molecule has 100 valence electrons. The van der Waals surface area contributed by atoms with Gasteiger partial charge in [-0.25, -0.2) is 9.67 Å². The van der Waals surface area contributed by atoms with E-state index in [9.17, 15) is 4.79 Å². The van der Waals surface area contributed by atoms with Crippen LogP contribution in [0.4, 0.5) is 0 Å². The number of Topliss-reactive ketones (excluding diaryl/α,β-unsaturated/α-hetero) is 1. The van der Waals surface area contributed by atoms with Gasteiger partial charge in [0, 0.05) is 23.8 Å². The lowest BCUT2D eigenvalue weighted by molar-refractivity contribution is -0.117. The van der Waals surface area contributed by atoms with E-state index < -0.39 is 0 Å². The number of hydrogen-bond donors (Lipinski definition) is 0. The van der Waals surface area contributed by atoms with Gasteiger partial charge in [-0.15, -0.1) is 11.8 Å². The molecule has 1 unspecified atom stereocenters. The average Bonchev–Trinajstić information content (AvgIpc) is 2.77. The highest BCUT2D eigenvalue weighted by Crippen LogP contribution is 2.25. The highest BCUT2D eigenvalue weighted by molar-refractivity contribution is 8.07. The fourth-order valence-corrected chi connectivity index (χ4v) is 4.52. The van der Waals surface area contributed by atoms with Crippen molar-refractivity contribution in [3.8, 4) is 0 Å². The van der Waals surface area contributed by atoms with Crippen molar-refractivity contribution in [2.45, 2.75) is 32.1 Å². The Morgan fingerprint density at radius 2 is 2.39 bits per heavy atom. The summed E-state index contributed by atoms with van der Waals surface area (Å²) in [7, 11) is 0. The number of nitrogens with zero attached hydrogens (tertiary/aromatic N) is 3. The molecule has 2 rings (SSSR count). The molecule has 1 aliphatic heterocycles. The molecule has 1 aromatic rings. The smallest absolute Gasteiger partial charge is 0.154 e. The largest absolute Gasteiger partial charge is 0.298 e. The zero-order valence-corrected chi connectivity index (χ0v) is 12.5. The summed E-state index contributed by atoms with van der Waals surface area (Å²) in [6.07, 6.45) is 1.97. The molecule has 0 aliphatic carbocycles. The summed E-state index contributed by atoms with van der Waals surface area (Å²) < 4.78 is 1.86. The van der Waals surface area contributed by atoms with Crippen LogP contribution in [0.25, 0.3) is 0 Å². The van der Waals surface area contributed by atoms with Crippen LogP contribution in [0.3, 0.4) is 0 Å². The molecule has 1 fully saturated rings. The van der Waals surface area contributed by atoms with E-state index in [1.165, 1.54) is 0 Å². The molecule has 1 aromatic heterocycles. The summed E-state index contributed by atoms with van der Waals surface area (Å²) in [4.78, 5) is 16.4. The van der Waals surface area contributed by atoms with Crippen LogP contribution in [0.2, 0.25) is 0 Å². The minimum absolute atomic E-state index is 0.146. The van der Waals surface area contributed by atoms with E-state index in [-0.39, 0.29) is 5.25 Å². The second kappa shape index (κ2) is 6.61. The maximum atomic E-state index is 12.2. The average molecular weight is 285 g/mol. The van der Waals surface area contributed by atoms with Gasteiger partial charge >= 0.3 is 0 Å². The Labute approximate surface area is 116 Å². The quantitative estimate of drug-likeness (QED) is 0.827. The summed E-state index contributed by atoms with van der Waals surface area (Å²) in [6.45, 7) is 5.11. The van der Waals surface area contributed by atoms with Crippen molar-refractivity contribution in [1.29, 1.82) is 0 Å². The van der Waals surface area contributed by atoms with Crippen molar-refractivity contribution in [3.63, 3.8) is 0 Å². The highest BCUT2D eigenvalue weighted by atomic mass is 32.2. The summed E-state index contributed by atoms with van der Waals surface area (Å²) in [5, 5.41) is 4.34. The van der Waals surface area contributed by atoms with Gasteiger partial charge < -0.3 is 0 Å². The van der Waals surface area contributed by atoms with E-state index in [1.807, 2.05) is 16.4 Å². The molecule has 0 amide bonds. The molecular weight excluding hydrogens is 266 g/mol. The monoisotopic (exact) mass is 285 g/mol. The van der Waals surface area contributed by atoms with Gasteiger partial charge in [-0.05, 0) is 5.92 Å².